The van der Waals surface area contributed by atoms with Crippen LogP contribution in [-0.4, -0.2) is 45.3 Å². The molecule has 0 atom stereocenters. The Hall–Kier alpha value is -1.26. The average Bonchev–Trinajstić information content (AvgIpc) is 3.34. The Bertz CT molecular complexity index is 486. The van der Waals surface area contributed by atoms with E-state index in [1.54, 1.807) is 14.2 Å². The standard InChI is InChI=1S/C17H26N2O2/c1-20-16-9-14-5-7-19(8-6-18-11-13-3-4-13)12-15(14)10-17(16)21-2/h9-10,13,18H,3-8,11-12H2,1-2H3. The maximum Gasteiger partial charge on any atom is 0.161 e. The van der Waals surface area contributed by atoms with Gasteiger partial charge in [-0.2, -0.15) is 0 Å². The summed E-state index contributed by atoms with van der Waals surface area (Å²) in [6, 6.07) is 4.27. The topological polar surface area (TPSA) is 33.7 Å². The van der Waals surface area contributed by atoms with Gasteiger partial charge in [0.2, 0.25) is 0 Å². The van der Waals surface area contributed by atoms with Gasteiger partial charge in [0.05, 0.1) is 14.2 Å². The van der Waals surface area contributed by atoms with Crippen LogP contribution in [-0.2, 0) is 13.0 Å². The summed E-state index contributed by atoms with van der Waals surface area (Å²) >= 11 is 0. The number of fused-ring (bicyclic) bond motifs is 1. The summed E-state index contributed by atoms with van der Waals surface area (Å²) in [6.07, 6.45) is 3.94. The van der Waals surface area contributed by atoms with Crippen LogP contribution in [0.25, 0.3) is 0 Å². The van der Waals surface area contributed by atoms with Crippen molar-refractivity contribution in [1.29, 1.82) is 0 Å². The summed E-state index contributed by atoms with van der Waals surface area (Å²) in [6.45, 7) is 5.57. The van der Waals surface area contributed by atoms with Gasteiger partial charge in [-0.25, -0.2) is 0 Å². The lowest BCUT2D eigenvalue weighted by atomic mass is 9.99. The third-order valence-corrected chi connectivity index (χ3v) is 4.53. The Kier molecular flexibility index (Phi) is 4.66. The van der Waals surface area contributed by atoms with Crippen LogP contribution in [0.3, 0.4) is 0 Å². The molecule has 1 aliphatic carbocycles. The van der Waals surface area contributed by atoms with E-state index in [1.807, 2.05) is 0 Å². The van der Waals surface area contributed by atoms with E-state index >= 15 is 0 Å². The molecule has 1 N–H and O–H groups in total. The third-order valence-electron chi connectivity index (χ3n) is 4.53. The van der Waals surface area contributed by atoms with Gasteiger partial charge in [0.25, 0.3) is 0 Å². The van der Waals surface area contributed by atoms with Crippen molar-refractivity contribution in [1.82, 2.24) is 10.2 Å². The van der Waals surface area contributed by atoms with Crippen LogP contribution in [0, 0.1) is 5.92 Å². The fraction of sp³-hybridized carbons (Fsp3) is 0.647. The SMILES string of the molecule is COc1cc2c(cc1OC)CN(CCNCC1CC1)CC2. The van der Waals surface area contributed by atoms with Crippen LogP contribution < -0.4 is 14.8 Å². The number of nitrogens with zero attached hydrogens (tertiary/aromatic N) is 1. The highest BCUT2D eigenvalue weighted by Crippen LogP contribution is 2.33. The van der Waals surface area contributed by atoms with E-state index in [9.17, 15) is 0 Å². The van der Waals surface area contributed by atoms with Gasteiger partial charge in [0.1, 0.15) is 0 Å². The first-order valence-corrected chi connectivity index (χ1v) is 7.97. The predicted molar refractivity (Wildman–Crippen MR) is 84.1 cm³/mol. The zero-order valence-electron chi connectivity index (χ0n) is 13.2. The second-order valence-corrected chi connectivity index (χ2v) is 6.15. The monoisotopic (exact) mass is 290 g/mol. The lowest BCUT2D eigenvalue weighted by Gasteiger charge is -2.29. The quantitative estimate of drug-likeness (QED) is 0.780. The maximum absolute atomic E-state index is 5.41. The highest BCUT2D eigenvalue weighted by atomic mass is 16.5. The van der Waals surface area contributed by atoms with Gasteiger partial charge in [-0.1, -0.05) is 0 Å². The molecule has 0 amide bonds. The number of rotatable bonds is 7. The molecule has 2 aliphatic rings. The summed E-state index contributed by atoms with van der Waals surface area (Å²) in [5.74, 6) is 2.64. The lowest BCUT2D eigenvalue weighted by molar-refractivity contribution is 0.252. The smallest absolute Gasteiger partial charge is 0.161 e. The van der Waals surface area contributed by atoms with Gasteiger partial charge < -0.3 is 14.8 Å². The molecule has 1 aromatic rings. The van der Waals surface area contributed by atoms with E-state index in [0.717, 1.165) is 50.0 Å². The largest absolute Gasteiger partial charge is 0.493 e. The Morgan fingerprint density at radius 3 is 2.52 bits per heavy atom. The van der Waals surface area contributed by atoms with Gasteiger partial charge in [-0.15, -0.1) is 0 Å². The number of benzene rings is 1. The van der Waals surface area contributed by atoms with Crippen molar-refractivity contribution in [3.8, 4) is 11.5 Å². The average molecular weight is 290 g/mol. The highest BCUT2D eigenvalue weighted by Gasteiger charge is 2.21. The van der Waals surface area contributed by atoms with Crippen LogP contribution in [0.4, 0.5) is 0 Å². The minimum Gasteiger partial charge on any atom is -0.493 e. The molecule has 0 bridgehead atoms. The van der Waals surface area contributed by atoms with Crippen molar-refractivity contribution in [3.63, 3.8) is 0 Å². The molecule has 21 heavy (non-hydrogen) atoms. The molecule has 0 spiro atoms. The molecule has 4 heteroatoms. The number of hydrogen-bond donors (Lipinski definition) is 1. The van der Waals surface area contributed by atoms with Crippen LogP contribution >= 0.6 is 0 Å². The van der Waals surface area contributed by atoms with E-state index in [1.165, 1.54) is 30.5 Å². The van der Waals surface area contributed by atoms with Crippen LogP contribution in [0.2, 0.25) is 0 Å². The van der Waals surface area contributed by atoms with Gasteiger partial charge in [-0.05, 0) is 55.0 Å². The van der Waals surface area contributed by atoms with Crippen LogP contribution in [0.1, 0.15) is 24.0 Å². The van der Waals surface area contributed by atoms with Crippen LogP contribution in [0.15, 0.2) is 12.1 Å². The van der Waals surface area contributed by atoms with Gasteiger partial charge >= 0.3 is 0 Å². The summed E-state index contributed by atoms with van der Waals surface area (Å²) in [5, 5.41) is 3.57. The Balaban J connectivity index is 1.56. The molecule has 0 unspecified atom stereocenters. The van der Waals surface area contributed by atoms with Crippen molar-refractivity contribution in [2.45, 2.75) is 25.8 Å². The van der Waals surface area contributed by atoms with Crippen molar-refractivity contribution in [3.05, 3.63) is 23.3 Å². The number of nitrogens with one attached hydrogen (secondary N) is 1. The molecule has 1 aromatic carbocycles. The van der Waals surface area contributed by atoms with E-state index in [-0.39, 0.29) is 0 Å². The lowest BCUT2D eigenvalue weighted by Crippen LogP contribution is -2.36. The third kappa shape index (κ3) is 3.69. The Labute approximate surface area is 127 Å². The normalized spacial score (nSPS) is 18.4. The molecule has 3 rings (SSSR count). The van der Waals surface area contributed by atoms with E-state index in [2.05, 4.69) is 22.3 Å². The zero-order valence-corrected chi connectivity index (χ0v) is 13.2. The van der Waals surface area contributed by atoms with E-state index in [0.29, 0.717) is 0 Å². The van der Waals surface area contributed by atoms with Gasteiger partial charge in [0, 0.05) is 26.2 Å². The molecule has 0 saturated heterocycles. The minimum atomic E-state index is 0.838. The molecule has 0 aromatic heterocycles. The van der Waals surface area contributed by atoms with Crippen molar-refractivity contribution < 1.29 is 9.47 Å². The van der Waals surface area contributed by atoms with Crippen molar-refractivity contribution >= 4 is 0 Å². The second-order valence-electron chi connectivity index (χ2n) is 6.15. The summed E-state index contributed by atoms with van der Waals surface area (Å²) in [5.41, 5.74) is 2.77. The molecule has 116 valence electrons. The molecular formula is C17H26N2O2. The van der Waals surface area contributed by atoms with Gasteiger partial charge in [-0.3, -0.25) is 4.90 Å². The molecule has 0 radical (unpaired) electrons. The molecule has 1 aliphatic heterocycles. The summed E-state index contributed by atoms with van der Waals surface area (Å²) in [7, 11) is 3.40. The fourth-order valence-corrected chi connectivity index (χ4v) is 3.00. The molecule has 1 saturated carbocycles. The molecule has 1 heterocycles. The summed E-state index contributed by atoms with van der Waals surface area (Å²) in [4.78, 5) is 2.52. The molecule has 4 nitrogen and oxygen atoms in total. The number of hydrogen-bond acceptors (Lipinski definition) is 4. The fourth-order valence-electron chi connectivity index (χ4n) is 3.00. The zero-order chi connectivity index (χ0) is 14.7. The van der Waals surface area contributed by atoms with Gasteiger partial charge in [0.15, 0.2) is 11.5 Å². The first-order valence-electron chi connectivity index (χ1n) is 7.97. The first-order chi connectivity index (χ1) is 10.3. The number of methoxy groups -OCH3 is 2. The van der Waals surface area contributed by atoms with E-state index < -0.39 is 0 Å². The second kappa shape index (κ2) is 6.67. The summed E-state index contributed by atoms with van der Waals surface area (Å²) < 4.78 is 10.8. The highest BCUT2D eigenvalue weighted by molar-refractivity contribution is 5.48. The van der Waals surface area contributed by atoms with Crippen molar-refractivity contribution in [2.24, 2.45) is 5.92 Å². The van der Waals surface area contributed by atoms with E-state index in [4.69, 9.17) is 9.47 Å². The Morgan fingerprint density at radius 1 is 1.14 bits per heavy atom. The maximum atomic E-state index is 5.41. The van der Waals surface area contributed by atoms with Crippen LogP contribution in [0.5, 0.6) is 11.5 Å². The Morgan fingerprint density at radius 2 is 1.86 bits per heavy atom. The molecular weight excluding hydrogens is 264 g/mol. The molecule has 1 fully saturated rings. The number of ether oxygens (including phenoxy) is 2. The van der Waals surface area contributed by atoms with Crippen molar-refractivity contribution in [2.75, 3.05) is 40.4 Å². The predicted octanol–water partition coefficient (Wildman–Crippen LogP) is 2.06. The minimum absolute atomic E-state index is 0.838. The first kappa shape index (κ1) is 14.7.